The van der Waals surface area contributed by atoms with E-state index in [0.717, 1.165) is 0 Å². The molecule has 0 aliphatic heterocycles. The summed E-state index contributed by atoms with van der Waals surface area (Å²) in [6, 6.07) is 4.74. The summed E-state index contributed by atoms with van der Waals surface area (Å²) in [4.78, 5) is 23.6. The van der Waals surface area contributed by atoms with Gasteiger partial charge in [-0.1, -0.05) is 26.8 Å². The average Bonchev–Trinajstić information content (AvgIpc) is 2.27. The summed E-state index contributed by atoms with van der Waals surface area (Å²) >= 11 is 0. The fourth-order valence-electron chi connectivity index (χ4n) is 1.39. The average molecular weight is 249 g/mol. The van der Waals surface area contributed by atoms with E-state index in [-0.39, 0.29) is 24.0 Å². The van der Waals surface area contributed by atoms with Crippen LogP contribution in [0.15, 0.2) is 18.2 Å². The van der Waals surface area contributed by atoms with Crippen LogP contribution in [0.2, 0.25) is 0 Å². The van der Waals surface area contributed by atoms with Gasteiger partial charge in [0.15, 0.2) is 5.78 Å². The van der Waals surface area contributed by atoms with Crippen LogP contribution in [0.4, 0.5) is 0 Å². The van der Waals surface area contributed by atoms with Crippen LogP contribution in [0.1, 0.15) is 36.7 Å². The SMILES string of the molecule is Cc1c(O)cccc1C(=O)NCC(=O)C(C)(C)C. The van der Waals surface area contributed by atoms with Crippen molar-refractivity contribution < 1.29 is 14.7 Å². The van der Waals surface area contributed by atoms with Gasteiger partial charge in [0.1, 0.15) is 5.75 Å². The maximum absolute atomic E-state index is 11.9. The van der Waals surface area contributed by atoms with E-state index in [4.69, 9.17) is 0 Å². The molecule has 0 unspecified atom stereocenters. The Morgan fingerprint density at radius 1 is 1.28 bits per heavy atom. The second-order valence-electron chi connectivity index (χ2n) is 5.31. The maximum atomic E-state index is 11.9. The minimum Gasteiger partial charge on any atom is -0.508 e. The van der Waals surface area contributed by atoms with E-state index in [9.17, 15) is 14.7 Å². The number of phenolic OH excluding ortho intramolecular Hbond substituents is 1. The normalized spacial score (nSPS) is 11.1. The van der Waals surface area contributed by atoms with Crippen LogP contribution in [-0.2, 0) is 4.79 Å². The van der Waals surface area contributed by atoms with Crippen LogP contribution in [0, 0.1) is 12.3 Å². The lowest BCUT2D eigenvalue weighted by atomic mass is 9.91. The number of nitrogens with one attached hydrogen (secondary N) is 1. The third-order valence-corrected chi connectivity index (χ3v) is 2.80. The number of ketones is 1. The van der Waals surface area contributed by atoms with Gasteiger partial charge in [0.2, 0.25) is 0 Å². The molecule has 0 heterocycles. The molecular weight excluding hydrogens is 230 g/mol. The van der Waals surface area contributed by atoms with Crippen molar-refractivity contribution in [3.8, 4) is 5.75 Å². The molecule has 1 aromatic rings. The number of carbonyl (C=O) groups excluding carboxylic acids is 2. The van der Waals surface area contributed by atoms with Crippen molar-refractivity contribution >= 4 is 11.7 Å². The highest BCUT2D eigenvalue weighted by atomic mass is 16.3. The van der Waals surface area contributed by atoms with Crippen LogP contribution >= 0.6 is 0 Å². The van der Waals surface area contributed by atoms with E-state index in [0.29, 0.717) is 11.1 Å². The highest BCUT2D eigenvalue weighted by Crippen LogP contribution is 2.19. The second-order valence-corrected chi connectivity index (χ2v) is 5.31. The molecule has 0 aliphatic carbocycles. The van der Waals surface area contributed by atoms with Gasteiger partial charge >= 0.3 is 0 Å². The van der Waals surface area contributed by atoms with Crippen LogP contribution < -0.4 is 5.32 Å². The number of hydrogen-bond donors (Lipinski definition) is 2. The van der Waals surface area contributed by atoms with Crippen LogP contribution in [0.5, 0.6) is 5.75 Å². The Kier molecular flexibility index (Phi) is 4.11. The molecule has 0 aliphatic rings. The molecular formula is C14H19NO3. The Balaban J connectivity index is 2.73. The van der Waals surface area contributed by atoms with Crippen LogP contribution in [-0.4, -0.2) is 23.3 Å². The third kappa shape index (κ3) is 3.32. The summed E-state index contributed by atoms with van der Waals surface area (Å²) in [6.07, 6.45) is 0. The predicted octanol–water partition coefficient (Wildman–Crippen LogP) is 2.05. The molecule has 4 nitrogen and oxygen atoms in total. The van der Waals surface area contributed by atoms with Gasteiger partial charge < -0.3 is 10.4 Å². The van der Waals surface area contributed by atoms with Gasteiger partial charge in [-0.05, 0) is 19.1 Å². The number of rotatable bonds is 3. The Bertz CT molecular complexity index is 472. The van der Waals surface area contributed by atoms with Gasteiger partial charge in [0.05, 0.1) is 6.54 Å². The number of phenols is 1. The smallest absolute Gasteiger partial charge is 0.252 e. The number of Topliss-reactive ketones (excluding diaryl/α,β-unsaturated/α-hetero) is 1. The minimum absolute atomic E-state index is 0.00255. The van der Waals surface area contributed by atoms with Crippen molar-refractivity contribution in [2.75, 3.05) is 6.54 Å². The molecule has 98 valence electrons. The lowest BCUT2D eigenvalue weighted by Gasteiger charge is -2.17. The van der Waals surface area contributed by atoms with E-state index in [1.165, 1.54) is 6.07 Å². The lowest BCUT2D eigenvalue weighted by molar-refractivity contribution is -0.125. The van der Waals surface area contributed by atoms with E-state index >= 15 is 0 Å². The Morgan fingerprint density at radius 2 is 1.89 bits per heavy atom. The first-order valence-electron chi connectivity index (χ1n) is 5.83. The molecule has 2 N–H and O–H groups in total. The van der Waals surface area contributed by atoms with Crippen molar-refractivity contribution in [2.24, 2.45) is 5.41 Å². The lowest BCUT2D eigenvalue weighted by Crippen LogP contribution is -2.35. The molecule has 0 saturated heterocycles. The minimum atomic E-state index is -0.471. The Hall–Kier alpha value is -1.84. The highest BCUT2D eigenvalue weighted by molar-refractivity contribution is 5.99. The van der Waals surface area contributed by atoms with Crippen molar-refractivity contribution in [3.05, 3.63) is 29.3 Å². The Morgan fingerprint density at radius 3 is 2.44 bits per heavy atom. The quantitative estimate of drug-likeness (QED) is 0.861. The predicted molar refractivity (Wildman–Crippen MR) is 69.6 cm³/mol. The second kappa shape index (κ2) is 5.21. The first kappa shape index (κ1) is 14.2. The van der Waals surface area contributed by atoms with E-state index < -0.39 is 5.41 Å². The number of carbonyl (C=O) groups is 2. The third-order valence-electron chi connectivity index (χ3n) is 2.80. The van der Waals surface area contributed by atoms with E-state index in [2.05, 4.69) is 5.32 Å². The van der Waals surface area contributed by atoms with Gasteiger partial charge in [-0.15, -0.1) is 0 Å². The number of hydrogen-bond acceptors (Lipinski definition) is 3. The van der Waals surface area contributed by atoms with Gasteiger partial charge in [0, 0.05) is 16.5 Å². The fourth-order valence-corrected chi connectivity index (χ4v) is 1.39. The van der Waals surface area contributed by atoms with Gasteiger partial charge in [0.25, 0.3) is 5.91 Å². The maximum Gasteiger partial charge on any atom is 0.252 e. The van der Waals surface area contributed by atoms with Crippen LogP contribution in [0.25, 0.3) is 0 Å². The summed E-state index contributed by atoms with van der Waals surface area (Å²) in [5.74, 6) is -0.306. The van der Waals surface area contributed by atoms with Crippen molar-refractivity contribution in [1.29, 1.82) is 0 Å². The molecule has 1 amide bonds. The van der Waals surface area contributed by atoms with Crippen molar-refractivity contribution in [2.45, 2.75) is 27.7 Å². The first-order valence-corrected chi connectivity index (χ1v) is 5.83. The molecule has 0 radical (unpaired) electrons. The standard InChI is InChI=1S/C14H19NO3/c1-9-10(6-5-7-11(9)16)13(18)15-8-12(17)14(2,3)4/h5-7,16H,8H2,1-4H3,(H,15,18). The molecule has 1 rings (SSSR count). The van der Waals surface area contributed by atoms with Gasteiger partial charge in [-0.25, -0.2) is 0 Å². The molecule has 0 spiro atoms. The van der Waals surface area contributed by atoms with Crippen molar-refractivity contribution in [1.82, 2.24) is 5.32 Å². The molecule has 0 fully saturated rings. The fraction of sp³-hybridized carbons (Fsp3) is 0.429. The number of benzene rings is 1. The molecule has 4 heteroatoms. The molecule has 0 aromatic heterocycles. The summed E-state index contributed by atoms with van der Waals surface area (Å²) in [5, 5.41) is 12.1. The monoisotopic (exact) mass is 249 g/mol. The zero-order valence-corrected chi connectivity index (χ0v) is 11.2. The first-order chi connectivity index (χ1) is 8.23. The number of aromatic hydroxyl groups is 1. The molecule has 1 aromatic carbocycles. The zero-order valence-electron chi connectivity index (χ0n) is 11.2. The highest BCUT2D eigenvalue weighted by Gasteiger charge is 2.22. The summed E-state index contributed by atoms with van der Waals surface area (Å²) in [6.45, 7) is 7.08. The number of amides is 1. The van der Waals surface area contributed by atoms with Gasteiger partial charge in [-0.3, -0.25) is 9.59 Å². The summed E-state index contributed by atoms with van der Waals surface area (Å²) < 4.78 is 0. The van der Waals surface area contributed by atoms with Crippen molar-refractivity contribution in [3.63, 3.8) is 0 Å². The molecule has 0 atom stereocenters. The summed E-state index contributed by atoms with van der Waals surface area (Å²) in [5.41, 5.74) is 0.427. The Labute approximate surface area is 107 Å². The zero-order chi connectivity index (χ0) is 13.9. The molecule has 0 bridgehead atoms. The van der Waals surface area contributed by atoms with Crippen LogP contribution in [0.3, 0.4) is 0 Å². The van der Waals surface area contributed by atoms with E-state index in [1.807, 2.05) is 0 Å². The topological polar surface area (TPSA) is 66.4 Å². The molecule has 18 heavy (non-hydrogen) atoms. The van der Waals surface area contributed by atoms with Gasteiger partial charge in [-0.2, -0.15) is 0 Å². The summed E-state index contributed by atoms with van der Waals surface area (Å²) in [7, 11) is 0. The van der Waals surface area contributed by atoms with E-state index in [1.54, 1.807) is 39.8 Å². The largest absolute Gasteiger partial charge is 0.508 e. The molecule has 0 saturated carbocycles.